The van der Waals surface area contributed by atoms with Crippen molar-refractivity contribution in [2.24, 2.45) is 5.73 Å². The van der Waals surface area contributed by atoms with Crippen LogP contribution in [0.2, 0.25) is 0 Å². The van der Waals surface area contributed by atoms with E-state index >= 15 is 0 Å². The molecule has 0 radical (unpaired) electrons. The molecule has 0 spiro atoms. The Morgan fingerprint density at radius 3 is 2.23 bits per heavy atom. The van der Waals surface area contributed by atoms with E-state index < -0.39 is 0 Å². The van der Waals surface area contributed by atoms with Gasteiger partial charge in [0.2, 0.25) is 0 Å². The second-order valence-corrected chi connectivity index (χ2v) is 7.59. The zero-order chi connectivity index (χ0) is 21.1. The van der Waals surface area contributed by atoms with Gasteiger partial charge in [0, 0.05) is 37.1 Å². The summed E-state index contributed by atoms with van der Waals surface area (Å²) in [5.41, 5.74) is 12.3. The molecule has 0 amide bonds. The lowest BCUT2D eigenvalue weighted by atomic mass is 10.1. The highest BCUT2D eigenvalue weighted by atomic mass is 16.3. The second-order valence-electron chi connectivity index (χ2n) is 7.59. The first-order chi connectivity index (χ1) is 14.6. The minimum atomic E-state index is 0.246. The smallest absolute Gasteiger partial charge is 0.116 e. The SMILES string of the molecule is Cc1c(-c2ccc(O)cc2)n(Cc2ccc(CNCCN)cc2)c2ccc(O)cc12. The molecule has 1 heterocycles. The number of nitrogens with zero attached hydrogens (tertiary/aromatic N) is 1. The number of nitrogens with one attached hydrogen (secondary N) is 1. The molecular weight excluding hydrogens is 374 g/mol. The Morgan fingerprint density at radius 2 is 1.53 bits per heavy atom. The summed E-state index contributed by atoms with van der Waals surface area (Å²) in [6, 6.07) is 21.4. The van der Waals surface area contributed by atoms with Gasteiger partial charge in [-0.15, -0.1) is 0 Å². The van der Waals surface area contributed by atoms with Gasteiger partial charge in [0.1, 0.15) is 11.5 Å². The first kappa shape index (κ1) is 20.0. The lowest BCUT2D eigenvalue weighted by Gasteiger charge is -2.13. The lowest BCUT2D eigenvalue weighted by molar-refractivity contribution is 0.475. The van der Waals surface area contributed by atoms with Gasteiger partial charge in [0.25, 0.3) is 0 Å². The van der Waals surface area contributed by atoms with Crippen LogP contribution >= 0.6 is 0 Å². The molecule has 0 atom stereocenters. The van der Waals surface area contributed by atoms with Crippen LogP contribution in [0.25, 0.3) is 22.2 Å². The molecule has 3 aromatic carbocycles. The largest absolute Gasteiger partial charge is 0.508 e. The number of phenols is 2. The van der Waals surface area contributed by atoms with E-state index in [1.807, 2.05) is 24.3 Å². The Kier molecular flexibility index (Phi) is 5.74. The summed E-state index contributed by atoms with van der Waals surface area (Å²) in [5, 5.41) is 24.1. The van der Waals surface area contributed by atoms with Crippen molar-refractivity contribution >= 4 is 10.9 Å². The zero-order valence-corrected chi connectivity index (χ0v) is 17.1. The Morgan fingerprint density at radius 1 is 0.867 bits per heavy atom. The molecular formula is C25H27N3O2. The van der Waals surface area contributed by atoms with Crippen LogP contribution in [0.1, 0.15) is 16.7 Å². The van der Waals surface area contributed by atoms with Crippen LogP contribution in [-0.2, 0) is 13.1 Å². The molecule has 154 valence electrons. The third-order valence-electron chi connectivity index (χ3n) is 5.45. The van der Waals surface area contributed by atoms with Crippen LogP contribution in [0.5, 0.6) is 11.5 Å². The predicted molar refractivity (Wildman–Crippen MR) is 122 cm³/mol. The van der Waals surface area contributed by atoms with E-state index in [1.54, 1.807) is 18.2 Å². The summed E-state index contributed by atoms with van der Waals surface area (Å²) in [6.45, 7) is 5.03. The van der Waals surface area contributed by atoms with Gasteiger partial charge in [-0.1, -0.05) is 24.3 Å². The molecule has 0 aliphatic rings. The van der Waals surface area contributed by atoms with Crippen molar-refractivity contribution in [2.45, 2.75) is 20.0 Å². The number of fused-ring (bicyclic) bond motifs is 1. The highest BCUT2D eigenvalue weighted by Gasteiger charge is 2.16. The lowest BCUT2D eigenvalue weighted by Crippen LogP contribution is -2.21. The van der Waals surface area contributed by atoms with Crippen molar-refractivity contribution in [1.82, 2.24) is 9.88 Å². The highest BCUT2D eigenvalue weighted by molar-refractivity contribution is 5.92. The molecule has 0 saturated heterocycles. The van der Waals surface area contributed by atoms with Gasteiger partial charge in [0.05, 0.1) is 5.69 Å². The maximum Gasteiger partial charge on any atom is 0.116 e. The molecule has 30 heavy (non-hydrogen) atoms. The van der Waals surface area contributed by atoms with Crippen LogP contribution in [0.15, 0.2) is 66.7 Å². The first-order valence-electron chi connectivity index (χ1n) is 10.2. The summed E-state index contributed by atoms with van der Waals surface area (Å²) in [6.07, 6.45) is 0. The van der Waals surface area contributed by atoms with Gasteiger partial charge in [0.15, 0.2) is 0 Å². The van der Waals surface area contributed by atoms with Gasteiger partial charge in [-0.05, 0) is 71.6 Å². The standard InChI is InChI=1S/C25H27N3O2/c1-17-23-14-22(30)10-11-24(23)28(25(17)20-6-8-21(29)9-7-20)16-19-4-2-18(3-5-19)15-27-13-12-26/h2-11,14,27,29-30H,12-13,15-16,26H2,1H3. The number of nitrogens with two attached hydrogens (primary N) is 1. The van der Waals surface area contributed by atoms with Gasteiger partial charge in [-0.3, -0.25) is 0 Å². The molecule has 4 rings (SSSR count). The predicted octanol–water partition coefficient (Wildman–Crippen LogP) is 4.12. The average molecular weight is 402 g/mol. The number of aromatic nitrogens is 1. The Balaban J connectivity index is 1.74. The third-order valence-corrected chi connectivity index (χ3v) is 5.45. The molecule has 5 N–H and O–H groups in total. The number of phenolic OH excluding ortho intramolecular Hbond substituents is 2. The summed E-state index contributed by atoms with van der Waals surface area (Å²) >= 11 is 0. The molecule has 0 aliphatic heterocycles. The van der Waals surface area contributed by atoms with Crippen molar-refractivity contribution in [1.29, 1.82) is 0 Å². The minimum Gasteiger partial charge on any atom is -0.508 e. The number of hydrogen-bond acceptors (Lipinski definition) is 4. The Hall–Kier alpha value is -3.28. The number of aromatic hydroxyl groups is 2. The molecule has 5 nitrogen and oxygen atoms in total. The van der Waals surface area contributed by atoms with Crippen LogP contribution in [-0.4, -0.2) is 27.9 Å². The fourth-order valence-corrected chi connectivity index (χ4v) is 3.95. The molecule has 0 aliphatic carbocycles. The molecule has 4 aromatic rings. The molecule has 0 saturated carbocycles. The van der Waals surface area contributed by atoms with E-state index in [-0.39, 0.29) is 11.5 Å². The number of aryl methyl sites for hydroxylation is 1. The quantitative estimate of drug-likeness (QED) is 0.351. The highest BCUT2D eigenvalue weighted by Crippen LogP contribution is 2.36. The van der Waals surface area contributed by atoms with Crippen LogP contribution in [0.3, 0.4) is 0 Å². The van der Waals surface area contributed by atoms with Gasteiger partial charge in [-0.2, -0.15) is 0 Å². The zero-order valence-electron chi connectivity index (χ0n) is 17.1. The third kappa shape index (κ3) is 4.03. The summed E-state index contributed by atoms with van der Waals surface area (Å²) in [4.78, 5) is 0. The van der Waals surface area contributed by atoms with E-state index in [2.05, 4.69) is 41.1 Å². The van der Waals surface area contributed by atoms with E-state index in [4.69, 9.17) is 5.73 Å². The van der Waals surface area contributed by atoms with E-state index in [9.17, 15) is 10.2 Å². The van der Waals surface area contributed by atoms with Gasteiger partial charge < -0.3 is 25.8 Å². The topological polar surface area (TPSA) is 83.4 Å². The molecule has 5 heteroatoms. The number of rotatable bonds is 7. The summed E-state index contributed by atoms with van der Waals surface area (Å²) in [5.74, 6) is 0.505. The Bertz CT molecular complexity index is 1150. The van der Waals surface area contributed by atoms with Crippen molar-refractivity contribution < 1.29 is 10.2 Å². The maximum atomic E-state index is 10.0. The number of benzene rings is 3. The molecule has 1 aromatic heterocycles. The fourth-order valence-electron chi connectivity index (χ4n) is 3.95. The van der Waals surface area contributed by atoms with Crippen molar-refractivity contribution in [2.75, 3.05) is 13.1 Å². The van der Waals surface area contributed by atoms with E-state index in [1.165, 1.54) is 11.1 Å². The molecule has 0 bridgehead atoms. The van der Waals surface area contributed by atoms with Crippen molar-refractivity contribution in [3.8, 4) is 22.8 Å². The summed E-state index contributed by atoms with van der Waals surface area (Å²) in [7, 11) is 0. The average Bonchev–Trinajstić information content (AvgIpc) is 3.01. The fraction of sp³-hybridized carbons (Fsp3) is 0.200. The summed E-state index contributed by atoms with van der Waals surface area (Å²) < 4.78 is 2.28. The van der Waals surface area contributed by atoms with Gasteiger partial charge >= 0.3 is 0 Å². The molecule has 0 fully saturated rings. The molecule has 0 unspecified atom stereocenters. The minimum absolute atomic E-state index is 0.246. The van der Waals surface area contributed by atoms with E-state index in [0.29, 0.717) is 13.1 Å². The van der Waals surface area contributed by atoms with Crippen molar-refractivity contribution in [3.63, 3.8) is 0 Å². The van der Waals surface area contributed by atoms with Crippen LogP contribution in [0.4, 0.5) is 0 Å². The van der Waals surface area contributed by atoms with Crippen LogP contribution < -0.4 is 11.1 Å². The monoisotopic (exact) mass is 401 g/mol. The Labute approximate surface area is 176 Å². The van der Waals surface area contributed by atoms with Crippen LogP contribution in [0, 0.1) is 6.92 Å². The maximum absolute atomic E-state index is 10.0. The number of hydrogen-bond donors (Lipinski definition) is 4. The second kappa shape index (κ2) is 8.61. The van der Waals surface area contributed by atoms with Crippen molar-refractivity contribution in [3.05, 3.63) is 83.4 Å². The van der Waals surface area contributed by atoms with E-state index in [0.717, 1.165) is 40.8 Å². The first-order valence-corrected chi connectivity index (χ1v) is 10.2. The van der Waals surface area contributed by atoms with Gasteiger partial charge in [-0.25, -0.2) is 0 Å². The normalized spacial score (nSPS) is 11.3.